The molecule has 0 radical (unpaired) electrons. The molecule has 2 rings (SSSR count). The molecule has 0 unspecified atom stereocenters. The van der Waals surface area contributed by atoms with Gasteiger partial charge in [0.15, 0.2) is 0 Å². The van der Waals surface area contributed by atoms with Gasteiger partial charge in [-0.05, 0) is 38.0 Å². The first kappa shape index (κ1) is 11.7. The van der Waals surface area contributed by atoms with Crippen molar-refractivity contribution in [3.05, 3.63) is 47.9 Å². The van der Waals surface area contributed by atoms with Crippen molar-refractivity contribution >= 4 is 0 Å². The van der Waals surface area contributed by atoms with Crippen molar-refractivity contribution in [3.63, 3.8) is 0 Å². The molecule has 0 atom stereocenters. The number of nitrogens with zero attached hydrogens (tertiary/aromatic N) is 1. The van der Waals surface area contributed by atoms with E-state index in [4.69, 9.17) is 4.74 Å². The van der Waals surface area contributed by atoms with E-state index in [-0.39, 0.29) is 5.60 Å². The van der Waals surface area contributed by atoms with Crippen LogP contribution < -0.4 is 4.74 Å². The minimum absolute atomic E-state index is 0.199. The molecule has 3 heteroatoms. The summed E-state index contributed by atoms with van der Waals surface area (Å²) in [5.74, 6) is 0.676. The van der Waals surface area contributed by atoms with Gasteiger partial charge in [0.25, 0.3) is 0 Å². The molecule has 0 saturated heterocycles. The first-order valence-electron chi connectivity index (χ1n) is 5.78. The summed E-state index contributed by atoms with van der Waals surface area (Å²) in [6.07, 6.45) is 6.69. The summed E-state index contributed by atoms with van der Waals surface area (Å²) in [5, 5.41) is 0. The monoisotopic (exact) mass is 230 g/mol. The quantitative estimate of drug-likeness (QED) is 0.879. The number of aromatic amines is 1. The third kappa shape index (κ3) is 3.63. The Labute approximate surface area is 102 Å². The normalized spacial score (nSPS) is 11.5. The summed E-state index contributed by atoms with van der Waals surface area (Å²) in [4.78, 5) is 7.36. The van der Waals surface area contributed by atoms with Crippen LogP contribution in [0.4, 0.5) is 0 Å². The van der Waals surface area contributed by atoms with Crippen LogP contribution in [0.15, 0.2) is 36.8 Å². The summed E-state index contributed by atoms with van der Waals surface area (Å²) in [7, 11) is 0. The van der Waals surface area contributed by atoms with Gasteiger partial charge in [0.05, 0.1) is 0 Å². The molecule has 2 aromatic rings. The van der Waals surface area contributed by atoms with E-state index in [1.165, 1.54) is 11.1 Å². The Morgan fingerprint density at radius 1 is 1.18 bits per heavy atom. The second-order valence-electron chi connectivity index (χ2n) is 5.12. The second kappa shape index (κ2) is 4.62. The van der Waals surface area contributed by atoms with Crippen LogP contribution in [-0.2, 0) is 6.42 Å². The van der Waals surface area contributed by atoms with E-state index in [1.807, 2.05) is 45.4 Å². The Hall–Kier alpha value is -1.77. The van der Waals surface area contributed by atoms with E-state index in [0.29, 0.717) is 5.88 Å². The lowest BCUT2D eigenvalue weighted by atomic mass is 10.1. The zero-order chi connectivity index (χ0) is 12.3. The van der Waals surface area contributed by atoms with Crippen LogP contribution in [0.25, 0.3) is 0 Å². The van der Waals surface area contributed by atoms with Crippen LogP contribution in [0, 0.1) is 0 Å². The smallest absolute Gasteiger partial charge is 0.213 e. The van der Waals surface area contributed by atoms with E-state index in [2.05, 4.69) is 22.1 Å². The Morgan fingerprint density at radius 3 is 2.53 bits per heavy atom. The lowest BCUT2D eigenvalue weighted by Gasteiger charge is -2.20. The zero-order valence-electron chi connectivity index (χ0n) is 10.5. The van der Waals surface area contributed by atoms with Gasteiger partial charge in [-0.15, -0.1) is 0 Å². The standard InChI is InChI=1S/C14H18N2O/c1-14(2,3)17-13-5-4-11(10-16-13)8-12-6-7-15-9-12/h4-7,9-10,15H,8H2,1-3H3. The zero-order valence-corrected chi connectivity index (χ0v) is 10.5. The van der Waals surface area contributed by atoms with Gasteiger partial charge in [0.2, 0.25) is 5.88 Å². The number of ether oxygens (including phenoxy) is 1. The van der Waals surface area contributed by atoms with Gasteiger partial charge in [0, 0.05) is 31.1 Å². The SMILES string of the molecule is CC(C)(C)Oc1ccc(Cc2cc[nH]c2)cn1. The number of pyridine rings is 1. The molecule has 1 N–H and O–H groups in total. The summed E-state index contributed by atoms with van der Waals surface area (Å²) in [6.45, 7) is 6.05. The molecule has 0 amide bonds. The second-order valence-corrected chi connectivity index (χ2v) is 5.12. The molecule has 0 saturated carbocycles. The number of hydrogen-bond acceptors (Lipinski definition) is 2. The maximum atomic E-state index is 5.67. The van der Waals surface area contributed by atoms with Crippen LogP contribution in [0.2, 0.25) is 0 Å². The molecule has 0 fully saturated rings. The van der Waals surface area contributed by atoms with Crippen LogP contribution in [0.3, 0.4) is 0 Å². The predicted octanol–water partition coefficient (Wildman–Crippen LogP) is 3.18. The largest absolute Gasteiger partial charge is 0.472 e. The first-order valence-corrected chi connectivity index (χ1v) is 5.78. The van der Waals surface area contributed by atoms with Crippen molar-refractivity contribution in [2.24, 2.45) is 0 Å². The maximum absolute atomic E-state index is 5.67. The minimum Gasteiger partial charge on any atom is -0.472 e. The lowest BCUT2D eigenvalue weighted by Crippen LogP contribution is -2.23. The lowest BCUT2D eigenvalue weighted by molar-refractivity contribution is 0.124. The van der Waals surface area contributed by atoms with Crippen LogP contribution in [0.5, 0.6) is 5.88 Å². The number of nitrogens with one attached hydrogen (secondary N) is 1. The molecule has 3 nitrogen and oxygen atoms in total. The third-order valence-corrected chi connectivity index (χ3v) is 2.28. The topological polar surface area (TPSA) is 37.9 Å². The maximum Gasteiger partial charge on any atom is 0.213 e. The molecule has 90 valence electrons. The van der Waals surface area contributed by atoms with Crippen molar-refractivity contribution < 1.29 is 4.74 Å². The van der Waals surface area contributed by atoms with E-state index in [0.717, 1.165) is 6.42 Å². The number of hydrogen-bond donors (Lipinski definition) is 1. The van der Waals surface area contributed by atoms with Crippen molar-refractivity contribution in [2.45, 2.75) is 32.8 Å². The first-order chi connectivity index (χ1) is 8.03. The molecule has 0 bridgehead atoms. The van der Waals surface area contributed by atoms with Crippen molar-refractivity contribution in [2.75, 3.05) is 0 Å². The molecule has 0 spiro atoms. The molecule has 0 aliphatic carbocycles. The van der Waals surface area contributed by atoms with E-state index < -0.39 is 0 Å². The fourth-order valence-corrected chi connectivity index (χ4v) is 1.59. The highest BCUT2D eigenvalue weighted by Gasteiger charge is 2.12. The average Bonchev–Trinajstić information content (AvgIpc) is 2.71. The highest BCUT2D eigenvalue weighted by Crippen LogP contribution is 2.16. The molecule has 0 aliphatic rings. The van der Waals surface area contributed by atoms with E-state index >= 15 is 0 Å². The summed E-state index contributed by atoms with van der Waals surface area (Å²) in [5.41, 5.74) is 2.25. The number of rotatable bonds is 3. The van der Waals surface area contributed by atoms with Crippen LogP contribution in [-0.4, -0.2) is 15.6 Å². The summed E-state index contributed by atoms with van der Waals surface area (Å²) in [6, 6.07) is 6.05. The minimum atomic E-state index is -0.199. The van der Waals surface area contributed by atoms with Crippen molar-refractivity contribution in [3.8, 4) is 5.88 Å². The molecule has 2 heterocycles. The molecule has 0 aromatic carbocycles. The van der Waals surface area contributed by atoms with E-state index in [1.54, 1.807) is 0 Å². The Kier molecular flexibility index (Phi) is 3.18. The van der Waals surface area contributed by atoms with Crippen LogP contribution in [0.1, 0.15) is 31.9 Å². The van der Waals surface area contributed by atoms with Gasteiger partial charge in [-0.2, -0.15) is 0 Å². The Morgan fingerprint density at radius 2 is 2.00 bits per heavy atom. The van der Waals surface area contributed by atoms with Crippen molar-refractivity contribution in [1.29, 1.82) is 0 Å². The van der Waals surface area contributed by atoms with E-state index in [9.17, 15) is 0 Å². The number of H-pyrrole nitrogens is 1. The van der Waals surface area contributed by atoms with Gasteiger partial charge in [-0.25, -0.2) is 4.98 Å². The Bertz CT molecular complexity index is 452. The fraction of sp³-hybridized carbons (Fsp3) is 0.357. The summed E-state index contributed by atoms with van der Waals surface area (Å²) < 4.78 is 5.67. The molecular formula is C14H18N2O. The highest BCUT2D eigenvalue weighted by molar-refractivity contribution is 5.24. The summed E-state index contributed by atoms with van der Waals surface area (Å²) >= 11 is 0. The highest BCUT2D eigenvalue weighted by atomic mass is 16.5. The fourth-order valence-electron chi connectivity index (χ4n) is 1.59. The molecule has 17 heavy (non-hydrogen) atoms. The van der Waals surface area contributed by atoms with Gasteiger partial charge < -0.3 is 9.72 Å². The van der Waals surface area contributed by atoms with Crippen molar-refractivity contribution in [1.82, 2.24) is 9.97 Å². The molecular weight excluding hydrogens is 212 g/mol. The predicted molar refractivity (Wildman–Crippen MR) is 68.2 cm³/mol. The van der Waals surface area contributed by atoms with Crippen LogP contribution >= 0.6 is 0 Å². The Balaban J connectivity index is 2.03. The molecule has 0 aliphatic heterocycles. The van der Waals surface area contributed by atoms with Gasteiger partial charge >= 0.3 is 0 Å². The average molecular weight is 230 g/mol. The third-order valence-electron chi connectivity index (χ3n) is 2.28. The van der Waals surface area contributed by atoms with Gasteiger partial charge in [-0.3, -0.25) is 0 Å². The van der Waals surface area contributed by atoms with Gasteiger partial charge in [0.1, 0.15) is 5.60 Å². The van der Waals surface area contributed by atoms with Gasteiger partial charge in [-0.1, -0.05) is 6.07 Å². The number of aromatic nitrogens is 2. The molecule has 2 aromatic heterocycles.